The predicted octanol–water partition coefficient (Wildman–Crippen LogP) is 0.467. The van der Waals surface area contributed by atoms with Crippen molar-refractivity contribution in [3.05, 3.63) is 48.3 Å². The summed E-state index contributed by atoms with van der Waals surface area (Å²) in [5.41, 5.74) is 1.69. The number of rotatable bonds is 6. The summed E-state index contributed by atoms with van der Waals surface area (Å²) in [6.45, 7) is 0.235. The van der Waals surface area contributed by atoms with Crippen LogP contribution in [0, 0.1) is 0 Å². The van der Waals surface area contributed by atoms with Crippen molar-refractivity contribution in [3.63, 3.8) is 0 Å². The van der Waals surface area contributed by atoms with Crippen LogP contribution in [0.3, 0.4) is 0 Å². The second-order valence-corrected chi connectivity index (χ2v) is 5.75. The molecule has 0 saturated carbocycles. The molecule has 0 unspecified atom stereocenters. The van der Waals surface area contributed by atoms with Crippen molar-refractivity contribution in [2.24, 2.45) is 0 Å². The molecule has 7 heteroatoms. The molecule has 2 aromatic heterocycles. The van der Waals surface area contributed by atoms with Gasteiger partial charge < -0.3 is 4.98 Å². The van der Waals surface area contributed by atoms with Crippen LogP contribution in [0.25, 0.3) is 0 Å². The van der Waals surface area contributed by atoms with Crippen LogP contribution in [-0.2, 0) is 23.0 Å². The van der Waals surface area contributed by atoms with Gasteiger partial charge in [-0.05, 0) is 24.1 Å². The number of hydrogen-bond donors (Lipinski definition) is 2. The van der Waals surface area contributed by atoms with E-state index in [2.05, 4.69) is 19.7 Å². The van der Waals surface area contributed by atoms with Crippen LogP contribution in [0.2, 0.25) is 0 Å². The third-order valence-corrected chi connectivity index (χ3v) is 3.77. The number of sulfonamides is 1. The third-order valence-electron chi connectivity index (χ3n) is 2.45. The molecule has 0 aliphatic carbocycles. The molecule has 2 rings (SSSR count). The van der Waals surface area contributed by atoms with Gasteiger partial charge in [-0.15, -0.1) is 0 Å². The van der Waals surface area contributed by atoms with E-state index < -0.39 is 10.0 Å². The Balaban J connectivity index is 1.84. The molecule has 0 bridgehead atoms. The number of pyridine rings is 1. The molecule has 18 heavy (non-hydrogen) atoms. The summed E-state index contributed by atoms with van der Waals surface area (Å²) in [4.78, 5) is 10.5. The van der Waals surface area contributed by atoms with Gasteiger partial charge in [0.25, 0.3) is 0 Å². The number of imidazole rings is 1. The molecule has 0 amide bonds. The van der Waals surface area contributed by atoms with Crippen molar-refractivity contribution in [3.8, 4) is 0 Å². The molecular weight excluding hydrogens is 252 g/mol. The molecule has 0 aliphatic rings. The van der Waals surface area contributed by atoms with Gasteiger partial charge in [-0.1, -0.05) is 0 Å². The molecule has 0 aromatic carbocycles. The smallest absolute Gasteiger partial charge is 0.212 e. The van der Waals surface area contributed by atoms with Crippen molar-refractivity contribution in [1.29, 1.82) is 0 Å². The zero-order valence-corrected chi connectivity index (χ0v) is 10.5. The average molecular weight is 266 g/mol. The van der Waals surface area contributed by atoms with E-state index in [1.165, 1.54) is 6.33 Å². The molecule has 2 aromatic rings. The number of aromatic nitrogens is 3. The van der Waals surface area contributed by atoms with Crippen molar-refractivity contribution < 1.29 is 8.42 Å². The molecule has 0 radical (unpaired) electrons. The van der Waals surface area contributed by atoms with Gasteiger partial charge in [-0.2, -0.15) is 0 Å². The first kappa shape index (κ1) is 12.7. The Hall–Kier alpha value is -1.73. The highest BCUT2D eigenvalue weighted by molar-refractivity contribution is 7.89. The summed E-state index contributed by atoms with van der Waals surface area (Å²) in [5, 5.41) is 0. The van der Waals surface area contributed by atoms with E-state index in [4.69, 9.17) is 0 Å². The fourth-order valence-electron chi connectivity index (χ4n) is 1.44. The Bertz CT molecular complexity index is 566. The van der Waals surface area contributed by atoms with Gasteiger partial charge in [0.15, 0.2) is 0 Å². The summed E-state index contributed by atoms with van der Waals surface area (Å²) in [6.07, 6.45) is 6.88. The summed E-state index contributed by atoms with van der Waals surface area (Å²) in [6, 6.07) is 3.62. The largest absolute Gasteiger partial charge is 0.347 e. The first-order chi connectivity index (χ1) is 8.66. The summed E-state index contributed by atoms with van der Waals surface area (Å²) >= 11 is 0. The summed E-state index contributed by atoms with van der Waals surface area (Å²) in [5.74, 6) is 0.0607. The van der Waals surface area contributed by atoms with E-state index in [9.17, 15) is 8.42 Å². The molecule has 0 atom stereocenters. The zero-order chi connectivity index (χ0) is 12.8. The van der Waals surface area contributed by atoms with Crippen molar-refractivity contribution >= 4 is 10.0 Å². The zero-order valence-electron chi connectivity index (χ0n) is 9.70. The normalized spacial score (nSPS) is 11.6. The average Bonchev–Trinajstić information content (AvgIpc) is 2.89. The van der Waals surface area contributed by atoms with Gasteiger partial charge in [-0.25, -0.2) is 18.1 Å². The Labute approximate surface area is 106 Å². The molecule has 0 saturated heterocycles. The van der Waals surface area contributed by atoms with E-state index in [-0.39, 0.29) is 12.3 Å². The maximum atomic E-state index is 11.7. The highest BCUT2D eigenvalue weighted by atomic mass is 32.2. The van der Waals surface area contributed by atoms with Crippen molar-refractivity contribution in [1.82, 2.24) is 19.7 Å². The van der Waals surface area contributed by atoms with Gasteiger partial charge >= 0.3 is 0 Å². The highest BCUT2D eigenvalue weighted by Gasteiger charge is 2.10. The second kappa shape index (κ2) is 5.74. The van der Waals surface area contributed by atoms with E-state index in [0.717, 1.165) is 11.3 Å². The van der Waals surface area contributed by atoms with Crippen LogP contribution >= 0.6 is 0 Å². The topological polar surface area (TPSA) is 87.7 Å². The molecule has 96 valence electrons. The lowest BCUT2D eigenvalue weighted by Gasteiger charge is -2.05. The van der Waals surface area contributed by atoms with E-state index >= 15 is 0 Å². The molecule has 0 fully saturated rings. The van der Waals surface area contributed by atoms with Gasteiger partial charge in [-0.3, -0.25) is 4.98 Å². The lowest BCUT2D eigenvalue weighted by molar-refractivity contribution is 0.580. The van der Waals surface area contributed by atoms with Crippen molar-refractivity contribution in [2.45, 2.75) is 13.0 Å². The Morgan fingerprint density at radius 1 is 1.22 bits per heavy atom. The quantitative estimate of drug-likeness (QED) is 0.795. The van der Waals surface area contributed by atoms with Gasteiger partial charge in [0.05, 0.1) is 18.6 Å². The van der Waals surface area contributed by atoms with Gasteiger partial charge in [0.2, 0.25) is 10.0 Å². The van der Waals surface area contributed by atoms with E-state index in [1.807, 2.05) is 12.1 Å². The van der Waals surface area contributed by atoms with Crippen LogP contribution in [0.1, 0.15) is 11.3 Å². The number of nitrogens with one attached hydrogen (secondary N) is 2. The van der Waals surface area contributed by atoms with E-state index in [0.29, 0.717) is 6.42 Å². The monoisotopic (exact) mass is 266 g/mol. The number of H-pyrrole nitrogens is 1. The van der Waals surface area contributed by atoms with Crippen LogP contribution < -0.4 is 4.72 Å². The second-order valence-electron chi connectivity index (χ2n) is 3.82. The minimum atomic E-state index is -3.27. The molecular formula is C11H14N4O2S. The lowest BCUT2D eigenvalue weighted by Crippen LogP contribution is -2.27. The maximum absolute atomic E-state index is 11.7. The molecule has 0 spiro atoms. The van der Waals surface area contributed by atoms with Crippen LogP contribution in [0.4, 0.5) is 0 Å². The molecule has 2 heterocycles. The fourth-order valence-corrected chi connectivity index (χ4v) is 2.47. The summed E-state index contributed by atoms with van der Waals surface area (Å²) in [7, 11) is -3.27. The number of aryl methyl sites for hydroxylation is 1. The van der Waals surface area contributed by atoms with Crippen molar-refractivity contribution in [2.75, 3.05) is 5.75 Å². The molecule has 6 nitrogen and oxygen atoms in total. The standard InChI is InChI=1S/C11H14N4O2S/c16-18(17,15-8-11-7-13-9-14-11)6-3-10-1-4-12-5-2-10/h1-2,4-5,7,9,15H,3,6,8H2,(H,13,14). The lowest BCUT2D eigenvalue weighted by atomic mass is 10.2. The number of nitrogens with zero attached hydrogens (tertiary/aromatic N) is 2. The third kappa shape index (κ3) is 3.94. The predicted molar refractivity (Wildman–Crippen MR) is 67.2 cm³/mol. The highest BCUT2D eigenvalue weighted by Crippen LogP contribution is 2.00. The minimum Gasteiger partial charge on any atom is -0.347 e. The Kier molecular flexibility index (Phi) is 4.06. The minimum absolute atomic E-state index is 0.0607. The van der Waals surface area contributed by atoms with Crippen LogP contribution in [0.5, 0.6) is 0 Å². The first-order valence-electron chi connectivity index (χ1n) is 5.49. The summed E-state index contributed by atoms with van der Waals surface area (Å²) < 4.78 is 26.0. The Morgan fingerprint density at radius 3 is 2.67 bits per heavy atom. The fraction of sp³-hybridized carbons (Fsp3) is 0.273. The number of hydrogen-bond acceptors (Lipinski definition) is 4. The van der Waals surface area contributed by atoms with Crippen LogP contribution in [-0.4, -0.2) is 29.1 Å². The number of aromatic amines is 1. The van der Waals surface area contributed by atoms with E-state index in [1.54, 1.807) is 18.6 Å². The van der Waals surface area contributed by atoms with Crippen LogP contribution in [0.15, 0.2) is 37.1 Å². The molecule has 2 N–H and O–H groups in total. The van der Waals surface area contributed by atoms with Gasteiger partial charge in [0.1, 0.15) is 0 Å². The molecule has 0 aliphatic heterocycles. The SMILES string of the molecule is O=S(=O)(CCc1ccncc1)NCc1cnc[nH]1. The maximum Gasteiger partial charge on any atom is 0.212 e. The van der Waals surface area contributed by atoms with Gasteiger partial charge in [0, 0.05) is 24.3 Å². The Morgan fingerprint density at radius 2 is 2.00 bits per heavy atom. The first-order valence-corrected chi connectivity index (χ1v) is 7.14.